The number of piperidine rings is 1. The molecule has 0 unspecified atom stereocenters. The maximum Gasteiger partial charge on any atom is 0.244 e. The van der Waals surface area contributed by atoms with Crippen LogP contribution in [0.25, 0.3) is 22.8 Å². The minimum absolute atomic E-state index is 0.00756. The first-order valence-corrected chi connectivity index (χ1v) is 13.7. The summed E-state index contributed by atoms with van der Waals surface area (Å²) in [5, 5.41) is 4.57. The Labute approximate surface area is 238 Å². The van der Waals surface area contributed by atoms with E-state index in [9.17, 15) is 13.6 Å². The van der Waals surface area contributed by atoms with Crippen molar-refractivity contribution in [1.82, 2.24) is 19.7 Å². The summed E-state index contributed by atoms with van der Waals surface area (Å²) in [6.45, 7) is 1.26. The summed E-state index contributed by atoms with van der Waals surface area (Å²) >= 11 is 0. The highest BCUT2D eigenvalue weighted by Crippen LogP contribution is 2.28. The molecular formula is C31H33F2N5O3. The molecule has 2 aromatic carbocycles. The van der Waals surface area contributed by atoms with E-state index in [-0.39, 0.29) is 24.1 Å². The molecule has 0 radical (unpaired) electrons. The molecule has 0 spiro atoms. The van der Waals surface area contributed by atoms with Gasteiger partial charge in [-0.2, -0.15) is 0 Å². The molecule has 5 rings (SSSR count). The van der Waals surface area contributed by atoms with Crippen molar-refractivity contribution >= 4 is 11.8 Å². The molecule has 2 aliphatic heterocycles. The maximum absolute atomic E-state index is 13.6. The summed E-state index contributed by atoms with van der Waals surface area (Å²) in [4.78, 5) is 24.5. The van der Waals surface area contributed by atoms with Gasteiger partial charge in [0, 0.05) is 42.4 Å². The van der Waals surface area contributed by atoms with E-state index in [2.05, 4.69) is 21.2 Å². The maximum atomic E-state index is 13.6. The predicted molar refractivity (Wildman–Crippen MR) is 152 cm³/mol. The van der Waals surface area contributed by atoms with Gasteiger partial charge in [-0.25, -0.2) is 23.4 Å². The summed E-state index contributed by atoms with van der Waals surface area (Å²) in [6.07, 6.45) is 8.17. The van der Waals surface area contributed by atoms with Crippen LogP contribution in [-0.2, 0) is 20.8 Å². The Bertz CT molecular complexity index is 1450. The lowest BCUT2D eigenvalue weighted by Gasteiger charge is -2.32. The van der Waals surface area contributed by atoms with E-state index in [4.69, 9.17) is 9.47 Å². The van der Waals surface area contributed by atoms with Crippen molar-refractivity contribution in [2.24, 2.45) is 10.9 Å². The first-order valence-electron chi connectivity index (χ1n) is 13.7. The van der Waals surface area contributed by atoms with E-state index >= 15 is 0 Å². The fraction of sp³-hybridized carbons (Fsp3) is 0.355. The smallest absolute Gasteiger partial charge is 0.244 e. The number of hydrogen-bond donors (Lipinski definition) is 0. The van der Waals surface area contributed by atoms with Crippen molar-refractivity contribution in [3.05, 3.63) is 83.8 Å². The van der Waals surface area contributed by atoms with E-state index in [0.717, 1.165) is 43.6 Å². The van der Waals surface area contributed by atoms with Crippen molar-refractivity contribution in [2.45, 2.75) is 38.6 Å². The molecule has 214 valence electrons. The summed E-state index contributed by atoms with van der Waals surface area (Å²) < 4.78 is 39.4. The lowest BCUT2D eigenvalue weighted by Crippen LogP contribution is -2.40. The fourth-order valence-corrected chi connectivity index (χ4v) is 5.10. The van der Waals surface area contributed by atoms with Gasteiger partial charge in [0.1, 0.15) is 23.9 Å². The molecule has 0 N–H and O–H groups in total. The Morgan fingerprint density at radius 2 is 1.61 bits per heavy atom. The third kappa shape index (κ3) is 7.06. The van der Waals surface area contributed by atoms with Gasteiger partial charge in [-0.1, -0.05) is 6.08 Å². The SMILES string of the molecule is COC1=N\C(CC2CCN(C(=O)Cn3nc(-c4ccc(F)cc4)nc3-c3ccc(F)cc3)CC2)=C/CC/C(OC)=C\1. The van der Waals surface area contributed by atoms with Gasteiger partial charge in [0.15, 0.2) is 11.6 Å². The Kier molecular flexibility index (Phi) is 8.86. The highest BCUT2D eigenvalue weighted by atomic mass is 19.1. The molecular weight excluding hydrogens is 528 g/mol. The lowest BCUT2D eigenvalue weighted by molar-refractivity contribution is -0.133. The number of amides is 1. The van der Waals surface area contributed by atoms with E-state index in [1.165, 1.54) is 24.3 Å². The highest BCUT2D eigenvalue weighted by molar-refractivity contribution is 5.89. The van der Waals surface area contributed by atoms with Gasteiger partial charge >= 0.3 is 0 Å². The molecule has 1 amide bonds. The molecule has 3 heterocycles. The standard InChI is InChI=1S/C31H33F2N5O3/c1-40-27-5-3-4-26(34-28(19-27)41-2)18-21-14-16-37(17-15-21)29(39)20-38-31(23-8-12-25(33)13-9-23)35-30(36-38)22-6-10-24(32)11-7-22/h4,6-13,19,21H,3,5,14-18,20H2,1-2H3/b26-4-,27-19+,34-28-. The number of nitrogens with zero attached hydrogens (tertiary/aromatic N) is 5. The number of hydrogen-bond acceptors (Lipinski definition) is 6. The Morgan fingerprint density at radius 1 is 0.951 bits per heavy atom. The minimum Gasteiger partial charge on any atom is -0.501 e. The van der Waals surface area contributed by atoms with Crippen LogP contribution in [0.3, 0.4) is 0 Å². The summed E-state index contributed by atoms with van der Waals surface area (Å²) in [7, 11) is 3.25. The monoisotopic (exact) mass is 561 g/mol. The van der Waals surface area contributed by atoms with Crippen LogP contribution in [0.1, 0.15) is 32.1 Å². The number of aliphatic imine (C=N–C) groups is 1. The lowest BCUT2D eigenvalue weighted by atomic mass is 9.91. The van der Waals surface area contributed by atoms with E-state index in [1.54, 1.807) is 43.2 Å². The van der Waals surface area contributed by atoms with E-state index < -0.39 is 0 Å². The highest BCUT2D eigenvalue weighted by Gasteiger charge is 2.25. The second-order valence-corrected chi connectivity index (χ2v) is 10.2. The molecule has 8 nitrogen and oxygen atoms in total. The first kappa shape index (κ1) is 28.2. The second kappa shape index (κ2) is 12.9. The molecule has 3 aromatic rings. The zero-order valence-electron chi connectivity index (χ0n) is 23.2. The van der Waals surface area contributed by atoms with Crippen LogP contribution in [0.2, 0.25) is 0 Å². The van der Waals surface area contributed by atoms with Crippen LogP contribution in [0.15, 0.2) is 77.1 Å². The molecule has 1 aromatic heterocycles. The molecule has 41 heavy (non-hydrogen) atoms. The Balaban J connectivity index is 1.26. The number of carbonyl (C=O) groups is 1. The summed E-state index contributed by atoms with van der Waals surface area (Å²) in [5.74, 6) is 1.80. The van der Waals surface area contributed by atoms with Gasteiger partial charge in [0.05, 0.1) is 14.2 Å². The van der Waals surface area contributed by atoms with Gasteiger partial charge in [0.25, 0.3) is 0 Å². The number of ether oxygens (including phenoxy) is 2. The average Bonchev–Trinajstić information content (AvgIpc) is 3.39. The number of rotatable bonds is 7. The first-order chi connectivity index (χ1) is 19.9. The van der Waals surface area contributed by atoms with Crippen LogP contribution in [0, 0.1) is 17.6 Å². The number of halogens is 2. The molecule has 0 saturated carbocycles. The molecule has 0 bridgehead atoms. The number of allylic oxidation sites excluding steroid dienone is 3. The quantitative estimate of drug-likeness (QED) is 0.366. The molecule has 0 aliphatic carbocycles. The zero-order chi connectivity index (χ0) is 28.8. The van der Waals surface area contributed by atoms with E-state index in [1.807, 2.05) is 11.0 Å². The van der Waals surface area contributed by atoms with Crippen LogP contribution < -0.4 is 0 Å². The topological polar surface area (TPSA) is 81.8 Å². The van der Waals surface area contributed by atoms with Gasteiger partial charge in [-0.15, -0.1) is 5.10 Å². The second-order valence-electron chi connectivity index (χ2n) is 10.2. The molecule has 0 atom stereocenters. The van der Waals surface area contributed by atoms with Crippen molar-refractivity contribution in [3.63, 3.8) is 0 Å². The van der Waals surface area contributed by atoms with Crippen LogP contribution in [0.5, 0.6) is 0 Å². The number of carbonyl (C=O) groups excluding carboxylic acids is 1. The van der Waals surface area contributed by atoms with E-state index in [0.29, 0.717) is 47.7 Å². The number of aromatic nitrogens is 3. The Hall–Kier alpha value is -4.34. The zero-order valence-corrected chi connectivity index (χ0v) is 23.2. The number of methoxy groups -OCH3 is 2. The largest absolute Gasteiger partial charge is 0.501 e. The molecule has 10 heteroatoms. The number of benzene rings is 2. The molecule has 1 saturated heterocycles. The van der Waals surface area contributed by atoms with Crippen LogP contribution >= 0.6 is 0 Å². The van der Waals surface area contributed by atoms with Crippen LogP contribution in [0.4, 0.5) is 8.78 Å². The molecule has 1 fully saturated rings. The third-order valence-electron chi connectivity index (χ3n) is 7.41. The average molecular weight is 562 g/mol. The summed E-state index contributed by atoms with van der Waals surface area (Å²) in [6, 6.07) is 11.8. The van der Waals surface area contributed by atoms with Gasteiger partial charge < -0.3 is 14.4 Å². The predicted octanol–water partition coefficient (Wildman–Crippen LogP) is 5.77. The minimum atomic E-state index is -0.368. The van der Waals surface area contributed by atoms with Crippen LogP contribution in [-0.4, -0.2) is 58.8 Å². The summed E-state index contributed by atoms with van der Waals surface area (Å²) in [5.41, 5.74) is 2.26. The van der Waals surface area contributed by atoms with Crippen molar-refractivity contribution in [1.29, 1.82) is 0 Å². The van der Waals surface area contributed by atoms with Crippen molar-refractivity contribution in [3.8, 4) is 22.8 Å². The third-order valence-corrected chi connectivity index (χ3v) is 7.41. The Morgan fingerprint density at radius 3 is 2.24 bits per heavy atom. The van der Waals surface area contributed by atoms with Gasteiger partial charge in [-0.05, 0) is 80.1 Å². The van der Waals surface area contributed by atoms with Gasteiger partial charge in [-0.3, -0.25) is 4.79 Å². The normalized spacial score (nSPS) is 20.1. The van der Waals surface area contributed by atoms with Crippen molar-refractivity contribution in [2.75, 3.05) is 27.3 Å². The number of likely N-dealkylation sites (tertiary alicyclic amines) is 1. The molecule has 2 aliphatic rings. The van der Waals surface area contributed by atoms with Crippen molar-refractivity contribution < 1.29 is 23.0 Å². The van der Waals surface area contributed by atoms with Gasteiger partial charge in [0.2, 0.25) is 11.8 Å². The fourth-order valence-electron chi connectivity index (χ4n) is 5.10.